The molecule has 4 N–H and O–H groups in total. The average molecular weight is 659 g/mol. The summed E-state index contributed by atoms with van der Waals surface area (Å²) in [4.78, 5) is 47.2. The van der Waals surface area contributed by atoms with Gasteiger partial charge in [0.25, 0.3) is 0 Å². The van der Waals surface area contributed by atoms with Crippen molar-refractivity contribution in [3.8, 4) is 0 Å². The van der Waals surface area contributed by atoms with E-state index >= 15 is 0 Å². The Morgan fingerprint density at radius 1 is 0.681 bits per heavy atom. The summed E-state index contributed by atoms with van der Waals surface area (Å²) in [5, 5.41) is 22.4. The minimum absolute atomic E-state index is 0.162. The van der Waals surface area contributed by atoms with Crippen LogP contribution >= 0.6 is 0 Å². The zero-order valence-electron chi connectivity index (χ0n) is 29.0. The fourth-order valence-corrected chi connectivity index (χ4v) is 4.48. The van der Waals surface area contributed by atoms with Gasteiger partial charge < -0.3 is 25.6 Å². The number of aliphatic hydroxyl groups is 1. The third-order valence-electron chi connectivity index (χ3n) is 7.23. The molecule has 2 unspecified atom stereocenters. The molecule has 0 spiro atoms. The number of esters is 1. The lowest BCUT2D eigenvalue weighted by molar-refractivity contribution is -0.147. The van der Waals surface area contributed by atoms with E-state index in [9.17, 15) is 19.2 Å². The van der Waals surface area contributed by atoms with Crippen molar-refractivity contribution >= 4 is 23.8 Å². The van der Waals surface area contributed by atoms with E-state index < -0.39 is 24.5 Å². The van der Waals surface area contributed by atoms with Gasteiger partial charge in [0, 0.05) is 12.8 Å². The van der Waals surface area contributed by atoms with Crippen LogP contribution in [0.1, 0.15) is 129 Å². The van der Waals surface area contributed by atoms with Crippen LogP contribution in [-0.4, -0.2) is 59.3 Å². The number of allylic oxidation sites excluding steroid dienone is 9. The minimum Gasteiger partial charge on any atom is -0.480 e. The first kappa shape index (κ1) is 43.5. The van der Waals surface area contributed by atoms with E-state index in [4.69, 9.17) is 14.9 Å². The Bertz CT molecular complexity index is 985. The number of hydrogen-bond acceptors (Lipinski definition) is 6. The summed E-state index contributed by atoms with van der Waals surface area (Å²) in [5.74, 6) is -2.47. The second-order valence-corrected chi connectivity index (χ2v) is 11.6. The Labute approximate surface area is 283 Å². The SMILES string of the molecule is CC/C=C\C/C=C\C/C=C\CCCCCC(=O)OC(/C=C\C/C=C\CCCC)CCCCCCC(=O)NCC(=O)NC(CO)C(=O)O. The first-order valence-electron chi connectivity index (χ1n) is 17.7. The lowest BCUT2D eigenvalue weighted by Crippen LogP contribution is -2.47. The summed E-state index contributed by atoms with van der Waals surface area (Å²) in [7, 11) is 0. The van der Waals surface area contributed by atoms with Crippen LogP contribution in [0.3, 0.4) is 0 Å². The first-order valence-corrected chi connectivity index (χ1v) is 17.7. The number of hydrogen-bond donors (Lipinski definition) is 4. The largest absolute Gasteiger partial charge is 0.480 e. The molecule has 266 valence electrons. The van der Waals surface area contributed by atoms with Gasteiger partial charge in [-0.15, -0.1) is 0 Å². The second kappa shape index (κ2) is 32.5. The van der Waals surface area contributed by atoms with Gasteiger partial charge in [-0.3, -0.25) is 14.4 Å². The molecule has 0 aromatic carbocycles. The Kier molecular flexibility index (Phi) is 30.1. The molecule has 0 aliphatic heterocycles. The molecule has 0 saturated heterocycles. The maximum atomic E-state index is 12.6. The number of nitrogens with one attached hydrogen (secondary N) is 2. The highest BCUT2D eigenvalue weighted by atomic mass is 16.5. The maximum Gasteiger partial charge on any atom is 0.328 e. The summed E-state index contributed by atoms with van der Waals surface area (Å²) < 4.78 is 5.82. The smallest absolute Gasteiger partial charge is 0.328 e. The highest BCUT2D eigenvalue weighted by Crippen LogP contribution is 2.14. The molecular weight excluding hydrogens is 596 g/mol. The zero-order chi connectivity index (χ0) is 34.8. The number of aliphatic hydroxyl groups excluding tert-OH is 1. The van der Waals surface area contributed by atoms with Crippen molar-refractivity contribution in [2.24, 2.45) is 0 Å². The summed E-state index contributed by atoms with van der Waals surface area (Å²) >= 11 is 0. The molecule has 9 nitrogen and oxygen atoms in total. The Balaban J connectivity index is 4.39. The fourth-order valence-electron chi connectivity index (χ4n) is 4.48. The number of unbranched alkanes of at least 4 members (excludes halogenated alkanes) is 8. The molecule has 0 aliphatic carbocycles. The lowest BCUT2D eigenvalue weighted by Gasteiger charge is -2.15. The molecule has 47 heavy (non-hydrogen) atoms. The van der Waals surface area contributed by atoms with Gasteiger partial charge in [0.1, 0.15) is 12.1 Å². The molecule has 0 fully saturated rings. The fraction of sp³-hybridized carbons (Fsp3) is 0.632. The molecule has 0 radical (unpaired) electrons. The zero-order valence-corrected chi connectivity index (χ0v) is 29.0. The topological polar surface area (TPSA) is 142 Å². The Hall–Kier alpha value is -3.46. The van der Waals surface area contributed by atoms with Gasteiger partial charge in [-0.05, 0) is 76.7 Å². The Morgan fingerprint density at radius 2 is 1.28 bits per heavy atom. The van der Waals surface area contributed by atoms with Crippen molar-refractivity contribution in [2.45, 2.75) is 142 Å². The van der Waals surface area contributed by atoms with Gasteiger partial charge in [-0.1, -0.05) is 101 Å². The number of carbonyl (C=O) groups excluding carboxylic acids is 3. The standard InChI is InChI=1S/C38H62N2O7/c1-3-5-7-9-11-12-13-14-15-16-18-20-26-30-37(44)47-33(27-23-19-17-10-8-6-4-2)28-24-21-22-25-29-35(42)39-31-36(43)40-34(32-41)38(45)46/h5,7,10-12,14-15,17,23,27,33-34,41H,3-4,6,8-9,13,16,18-22,24-26,28-32H2,1-2H3,(H,39,42)(H,40,43)(H,45,46)/b7-5-,12-11-,15-14-,17-10-,27-23-. The molecule has 0 aromatic rings. The number of ether oxygens (including phenoxy) is 1. The molecule has 9 heteroatoms. The number of carboxylic acid groups (broad SMARTS) is 1. The minimum atomic E-state index is -1.40. The number of rotatable bonds is 30. The van der Waals surface area contributed by atoms with Crippen molar-refractivity contribution in [3.63, 3.8) is 0 Å². The van der Waals surface area contributed by atoms with Gasteiger partial charge in [0.2, 0.25) is 11.8 Å². The van der Waals surface area contributed by atoms with E-state index in [-0.39, 0.29) is 30.9 Å². The molecular formula is C38H62N2O7. The second-order valence-electron chi connectivity index (χ2n) is 11.6. The predicted octanol–water partition coefficient (Wildman–Crippen LogP) is 7.42. The summed E-state index contributed by atoms with van der Waals surface area (Å²) in [6.45, 7) is 3.24. The first-order chi connectivity index (χ1) is 22.8. The van der Waals surface area contributed by atoms with Crippen LogP contribution in [0.5, 0.6) is 0 Å². The molecule has 0 aromatic heterocycles. The van der Waals surface area contributed by atoms with Crippen molar-refractivity contribution in [1.29, 1.82) is 0 Å². The number of carbonyl (C=O) groups is 4. The van der Waals surface area contributed by atoms with E-state index in [2.05, 4.69) is 79.2 Å². The predicted molar refractivity (Wildman–Crippen MR) is 190 cm³/mol. The van der Waals surface area contributed by atoms with Crippen molar-refractivity contribution in [2.75, 3.05) is 13.2 Å². The Morgan fingerprint density at radius 3 is 1.94 bits per heavy atom. The van der Waals surface area contributed by atoms with E-state index in [0.29, 0.717) is 12.8 Å². The van der Waals surface area contributed by atoms with Gasteiger partial charge in [-0.25, -0.2) is 4.79 Å². The van der Waals surface area contributed by atoms with Gasteiger partial charge in [0.15, 0.2) is 0 Å². The molecule has 0 aliphatic rings. The lowest BCUT2D eigenvalue weighted by atomic mass is 10.1. The van der Waals surface area contributed by atoms with E-state index in [1.54, 1.807) is 0 Å². The van der Waals surface area contributed by atoms with Crippen LogP contribution < -0.4 is 10.6 Å². The monoisotopic (exact) mass is 658 g/mol. The van der Waals surface area contributed by atoms with Gasteiger partial charge in [0.05, 0.1) is 13.2 Å². The molecule has 2 atom stereocenters. The molecule has 0 saturated carbocycles. The highest BCUT2D eigenvalue weighted by molar-refractivity contribution is 5.87. The van der Waals surface area contributed by atoms with Crippen molar-refractivity contribution in [3.05, 3.63) is 60.8 Å². The molecule has 0 bridgehead atoms. The van der Waals surface area contributed by atoms with E-state index in [1.165, 1.54) is 12.8 Å². The highest BCUT2D eigenvalue weighted by Gasteiger charge is 2.18. The quantitative estimate of drug-likeness (QED) is 0.0357. The number of aliphatic carboxylic acids is 1. The molecule has 0 heterocycles. The van der Waals surface area contributed by atoms with E-state index in [1.807, 2.05) is 6.08 Å². The molecule has 0 rings (SSSR count). The van der Waals surface area contributed by atoms with Crippen LogP contribution in [-0.2, 0) is 23.9 Å². The van der Waals surface area contributed by atoms with Crippen LogP contribution in [0.15, 0.2) is 60.8 Å². The van der Waals surface area contributed by atoms with Crippen LogP contribution in [0.4, 0.5) is 0 Å². The van der Waals surface area contributed by atoms with Crippen LogP contribution in [0.2, 0.25) is 0 Å². The van der Waals surface area contributed by atoms with Gasteiger partial charge >= 0.3 is 11.9 Å². The maximum absolute atomic E-state index is 12.6. The van der Waals surface area contributed by atoms with Crippen LogP contribution in [0, 0.1) is 0 Å². The number of amides is 2. The third-order valence-corrected chi connectivity index (χ3v) is 7.23. The average Bonchev–Trinajstić information content (AvgIpc) is 3.05. The summed E-state index contributed by atoms with van der Waals surface area (Å²) in [6.07, 6.45) is 37.0. The van der Waals surface area contributed by atoms with E-state index in [0.717, 1.165) is 83.5 Å². The molecule has 2 amide bonds. The van der Waals surface area contributed by atoms with Crippen LogP contribution in [0.25, 0.3) is 0 Å². The third kappa shape index (κ3) is 29.7. The summed E-state index contributed by atoms with van der Waals surface area (Å²) in [6, 6.07) is -1.40. The summed E-state index contributed by atoms with van der Waals surface area (Å²) in [5.41, 5.74) is 0. The van der Waals surface area contributed by atoms with Crippen molar-refractivity contribution < 1.29 is 34.1 Å². The normalized spacial score (nSPS) is 13.3. The number of carboxylic acids is 1. The van der Waals surface area contributed by atoms with Gasteiger partial charge in [-0.2, -0.15) is 0 Å². The van der Waals surface area contributed by atoms with Crippen molar-refractivity contribution in [1.82, 2.24) is 10.6 Å².